The molecule has 2 rings (SSSR count). The Kier molecular flexibility index (Phi) is 4.22. The molecule has 0 N–H and O–H groups in total. The minimum absolute atomic E-state index is 0.175. The van der Waals surface area contributed by atoms with E-state index in [1.54, 1.807) is 12.1 Å². The van der Waals surface area contributed by atoms with Crippen molar-refractivity contribution < 1.29 is 31.2 Å². The van der Waals surface area contributed by atoms with Crippen LogP contribution in [0.5, 0.6) is 0 Å². The van der Waals surface area contributed by atoms with Crippen molar-refractivity contribution in [2.24, 2.45) is 0 Å². The van der Waals surface area contributed by atoms with Crippen molar-refractivity contribution in [1.82, 2.24) is 9.80 Å². The minimum Gasteiger partial charge on any atom is -0.468 e. The maximum absolute atomic E-state index is 13.0. The minimum atomic E-state index is -5.87. The van der Waals surface area contributed by atoms with Crippen LogP contribution in [0.4, 0.5) is 22.0 Å². The lowest BCUT2D eigenvalue weighted by atomic mass is 10.2. The van der Waals surface area contributed by atoms with Crippen LogP contribution in [-0.4, -0.2) is 54.0 Å². The van der Waals surface area contributed by atoms with Crippen LogP contribution in [0.25, 0.3) is 0 Å². The molecule has 0 saturated carbocycles. The highest BCUT2D eigenvalue weighted by atomic mass is 19.4. The second-order valence-electron chi connectivity index (χ2n) is 4.72. The molecule has 0 aromatic carbocycles. The number of alkyl halides is 5. The molecule has 0 aliphatic carbocycles. The van der Waals surface area contributed by atoms with E-state index in [1.165, 1.54) is 6.26 Å². The fraction of sp³-hybridized carbons (Fsp3) is 0.583. The van der Waals surface area contributed by atoms with Crippen molar-refractivity contribution >= 4 is 5.91 Å². The normalized spacial score (nSPS) is 18.0. The molecule has 21 heavy (non-hydrogen) atoms. The molecule has 0 bridgehead atoms. The van der Waals surface area contributed by atoms with Crippen LogP contribution in [0.15, 0.2) is 22.8 Å². The summed E-state index contributed by atoms with van der Waals surface area (Å²) in [5.41, 5.74) is 0. The highest BCUT2D eigenvalue weighted by Crippen LogP contribution is 2.37. The first kappa shape index (κ1) is 15.7. The van der Waals surface area contributed by atoms with Gasteiger partial charge in [0.25, 0.3) is 0 Å². The van der Waals surface area contributed by atoms with Crippen LogP contribution < -0.4 is 0 Å². The van der Waals surface area contributed by atoms with Gasteiger partial charge >= 0.3 is 18.0 Å². The van der Waals surface area contributed by atoms with Gasteiger partial charge < -0.3 is 9.32 Å². The number of hydrogen-bond donors (Lipinski definition) is 0. The van der Waals surface area contributed by atoms with E-state index < -0.39 is 18.0 Å². The Hall–Kier alpha value is -1.64. The number of carbonyl (C=O) groups is 1. The fourth-order valence-electron chi connectivity index (χ4n) is 2.05. The quantitative estimate of drug-likeness (QED) is 0.802. The maximum atomic E-state index is 13.0. The molecule has 0 unspecified atom stereocenters. The highest BCUT2D eigenvalue weighted by Gasteiger charge is 2.64. The number of nitrogens with zero attached hydrogens (tertiary/aromatic N) is 2. The monoisotopic (exact) mass is 312 g/mol. The lowest BCUT2D eigenvalue weighted by molar-refractivity contribution is -0.274. The van der Waals surface area contributed by atoms with Crippen molar-refractivity contribution in [2.75, 3.05) is 26.2 Å². The summed E-state index contributed by atoms with van der Waals surface area (Å²) in [4.78, 5) is 13.7. The summed E-state index contributed by atoms with van der Waals surface area (Å²) in [6, 6.07) is 3.42. The van der Waals surface area contributed by atoms with Gasteiger partial charge in [0.1, 0.15) is 5.76 Å². The maximum Gasteiger partial charge on any atom is 0.463 e. The predicted molar refractivity (Wildman–Crippen MR) is 61.6 cm³/mol. The lowest BCUT2D eigenvalue weighted by Crippen LogP contribution is -2.57. The Labute approximate surface area is 117 Å². The molecule has 1 aromatic rings. The first-order valence-electron chi connectivity index (χ1n) is 6.20. The Morgan fingerprint density at radius 3 is 2.24 bits per heavy atom. The zero-order valence-corrected chi connectivity index (χ0v) is 10.9. The smallest absolute Gasteiger partial charge is 0.463 e. The number of hydrogen-bond acceptors (Lipinski definition) is 3. The molecule has 118 valence electrons. The summed E-state index contributed by atoms with van der Waals surface area (Å²) in [6.07, 6.45) is -4.38. The average molecular weight is 312 g/mol. The first-order valence-corrected chi connectivity index (χ1v) is 6.20. The Morgan fingerprint density at radius 2 is 1.76 bits per heavy atom. The van der Waals surface area contributed by atoms with E-state index in [9.17, 15) is 26.7 Å². The van der Waals surface area contributed by atoms with Crippen LogP contribution in [-0.2, 0) is 11.3 Å². The van der Waals surface area contributed by atoms with Crippen molar-refractivity contribution in [1.29, 1.82) is 0 Å². The van der Waals surface area contributed by atoms with Crippen LogP contribution in [0, 0.1) is 0 Å². The molecule has 1 fully saturated rings. The molecule has 0 spiro atoms. The topological polar surface area (TPSA) is 36.7 Å². The summed E-state index contributed by atoms with van der Waals surface area (Å²) in [7, 11) is 0. The van der Waals surface area contributed by atoms with E-state index in [4.69, 9.17) is 4.42 Å². The SMILES string of the molecule is O=C(N1CCN(Cc2ccco2)CC1)C(F)(F)C(F)(F)F. The predicted octanol–water partition coefficient (Wildman–Crippen LogP) is 2.12. The number of piperazine rings is 1. The summed E-state index contributed by atoms with van der Waals surface area (Å²) in [6.45, 7) is 0.488. The van der Waals surface area contributed by atoms with Crippen LogP contribution in [0.2, 0.25) is 0 Å². The molecule has 0 radical (unpaired) electrons. The molecule has 1 aliphatic rings. The standard InChI is InChI=1S/C12H13F5N2O2/c13-11(14,12(15,16)17)10(20)19-5-3-18(4-6-19)8-9-2-1-7-21-9/h1-2,7H,3-6,8H2. The molecule has 9 heteroatoms. The summed E-state index contributed by atoms with van der Waals surface area (Å²) >= 11 is 0. The molecule has 2 heterocycles. The molecule has 4 nitrogen and oxygen atoms in total. The summed E-state index contributed by atoms with van der Waals surface area (Å²) in [5.74, 6) is -6.86. The van der Waals surface area contributed by atoms with Gasteiger partial charge in [-0.2, -0.15) is 22.0 Å². The molecule has 1 aliphatic heterocycles. The number of rotatable bonds is 3. The molecular formula is C12H13F5N2O2. The third-order valence-corrected chi connectivity index (χ3v) is 3.24. The van der Waals surface area contributed by atoms with Gasteiger partial charge in [-0.25, -0.2) is 0 Å². The van der Waals surface area contributed by atoms with Crippen molar-refractivity contribution in [3.8, 4) is 0 Å². The zero-order valence-electron chi connectivity index (χ0n) is 10.9. The molecule has 1 amide bonds. The van der Waals surface area contributed by atoms with Gasteiger partial charge in [0.2, 0.25) is 0 Å². The van der Waals surface area contributed by atoms with E-state index in [2.05, 4.69) is 0 Å². The Morgan fingerprint density at radius 1 is 1.14 bits per heavy atom. The van der Waals surface area contributed by atoms with E-state index in [-0.39, 0.29) is 26.2 Å². The van der Waals surface area contributed by atoms with Gasteiger partial charge in [0.15, 0.2) is 0 Å². The third-order valence-electron chi connectivity index (χ3n) is 3.24. The number of furan rings is 1. The van der Waals surface area contributed by atoms with Crippen LogP contribution in [0.3, 0.4) is 0 Å². The molecule has 1 saturated heterocycles. The molecular weight excluding hydrogens is 299 g/mol. The summed E-state index contributed by atoms with van der Waals surface area (Å²) < 4.78 is 67.5. The molecule has 0 atom stereocenters. The van der Waals surface area contributed by atoms with E-state index in [1.807, 2.05) is 4.90 Å². The third kappa shape index (κ3) is 3.34. The van der Waals surface area contributed by atoms with E-state index in [0.717, 1.165) is 0 Å². The second kappa shape index (κ2) is 5.63. The fourth-order valence-corrected chi connectivity index (χ4v) is 2.05. The number of halogens is 5. The second-order valence-corrected chi connectivity index (χ2v) is 4.72. The van der Waals surface area contributed by atoms with Crippen LogP contribution in [0.1, 0.15) is 5.76 Å². The molecule has 1 aromatic heterocycles. The van der Waals surface area contributed by atoms with Gasteiger partial charge in [0, 0.05) is 26.2 Å². The van der Waals surface area contributed by atoms with Gasteiger partial charge in [-0.3, -0.25) is 9.69 Å². The van der Waals surface area contributed by atoms with Crippen molar-refractivity contribution in [3.63, 3.8) is 0 Å². The highest BCUT2D eigenvalue weighted by molar-refractivity contribution is 5.84. The number of amides is 1. The van der Waals surface area contributed by atoms with E-state index >= 15 is 0 Å². The van der Waals surface area contributed by atoms with Crippen molar-refractivity contribution in [3.05, 3.63) is 24.2 Å². The number of carbonyl (C=O) groups excluding carboxylic acids is 1. The van der Waals surface area contributed by atoms with Crippen molar-refractivity contribution in [2.45, 2.75) is 18.6 Å². The average Bonchev–Trinajstić information content (AvgIpc) is 2.90. The largest absolute Gasteiger partial charge is 0.468 e. The van der Waals surface area contributed by atoms with Gasteiger partial charge in [0.05, 0.1) is 12.8 Å². The van der Waals surface area contributed by atoms with Gasteiger partial charge in [-0.05, 0) is 12.1 Å². The Balaban J connectivity index is 1.90. The van der Waals surface area contributed by atoms with Gasteiger partial charge in [-0.1, -0.05) is 0 Å². The summed E-state index contributed by atoms with van der Waals surface area (Å²) in [5, 5.41) is 0. The van der Waals surface area contributed by atoms with Gasteiger partial charge in [-0.15, -0.1) is 0 Å². The first-order chi connectivity index (χ1) is 9.72. The zero-order chi connectivity index (χ0) is 15.7. The van der Waals surface area contributed by atoms with Crippen LogP contribution >= 0.6 is 0 Å². The van der Waals surface area contributed by atoms with E-state index in [0.29, 0.717) is 17.2 Å². The lowest BCUT2D eigenvalue weighted by Gasteiger charge is -2.36. The Bertz CT molecular complexity index is 478.